The van der Waals surface area contributed by atoms with Gasteiger partial charge in [-0.15, -0.1) is 11.8 Å². The molecule has 0 aliphatic rings. The van der Waals surface area contributed by atoms with Crippen LogP contribution in [0.5, 0.6) is 0 Å². The number of nitrogens with zero attached hydrogens (tertiary/aromatic N) is 1. The Hall–Kier alpha value is -1.76. The Morgan fingerprint density at radius 3 is 2.38 bits per heavy atom. The van der Waals surface area contributed by atoms with E-state index in [1.807, 2.05) is 13.1 Å². The van der Waals surface area contributed by atoms with E-state index in [1.165, 1.54) is 16.7 Å². The number of nitrogens with one attached hydrogen (secondary N) is 1. The Labute approximate surface area is 131 Å². The highest BCUT2D eigenvalue weighted by molar-refractivity contribution is 7.98. The molecular formula is C18H20N2S. The van der Waals surface area contributed by atoms with Crippen molar-refractivity contribution in [2.45, 2.75) is 31.0 Å². The number of benzene rings is 2. The second-order valence-corrected chi connectivity index (χ2v) is 6.27. The summed E-state index contributed by atoms with van der Waals surface area (Å²) in [5.41, 5.74) is 5.79. The van der Waals surface area contributed by atoms with Crippen LogP contribution in [0.25, 0.3) is 0 Å². The zero-order chi connectivity index (χ0) is 15.2. The molecule has 0 spiro atoms. The van der Waals surface area contributed by atoms with Gasteiger partial charge in [0, 0.05) is 17.2 Å². The number of hydrogen-bond donors (Lipinski definition) is 1. The molecule has 0 aliphatic carbocycles. The van der Waals surface area contributed by atoms with Crippen molar-refractivity contribution >= 4 is 11.8 Å². The van der Waals surface area contributed by atoms with Gasteiger partial charge in [-0.2, -0.15) is 5.26 Å². The lowest BCUT2D eigenvalue weighted by atomic mass is 10.1. The highest BCUT2D eigenvalue weighted by Crippen LogP contribution is 2.27. The summed E-state index contributed by atoms with van der Waals surface area (Å²) in [6, 6.07) is 15.0. The van der Waals surface area contributed by atoms with E-state index in [0.29, 0.717) is 0 Å². The molecule has 0 aromatic heterocycles. The molecule has 0 aliphatic heterocycles. The van der Waals surface area contributed by atoms with Gasteiger partial charge in [0.1, 0.15) is 6.07 Å². The normalized spacial score (nSPS) is 10.4. The minimum absolute atomic E-state index is 0.761. The molecule has 0 saturated heterocycles. The summed E-state index contributed by atoms with van der Waals surface area (Å²) in [5, 5.41) is 12.4. The van der Waals surface area contributed by atoms with Crippen molar-refractivity contribution in [3.8, 4) is 6.07 Å². The van der Waals surface area contributed by atoms with E-state index in [9.17, 15) is 5.26 Å². The van der Waals surface area contributed by atoms with E-state index < -0.39 is 0 Å². The van der Waals surface area contributed by atoms with Crippen LogP contribution in [0.2, 0.25) is 0 Å². The highest BCUT2D eigenvalue weighted by Gasteiger charge is 2.05. The first-order valence-corrected chi connectivity index (χ1v) is 7.98. The van der Waals surface area contributed by atoms with Crippen molar-refractivity contribution < 1.29 is 0 Å². The van der Waals surface area contributed by atoms with Crippen LogP contribution in [0.15, 0.2) is 41.3 Å². The largest absolute Gasteiger partial charge is 0.316 e. The molecular weight excluding hydrogens is 276 g/mol. The molecule has 0 unspecified atom stereocenters. The van der Waals surface area contributed by atoms with Gasteiger partial charge >= 0.3 is 0 Å². The Morgan fingerprint density at radius 2 is 1.76 bits per heavy atom. The lowest BCUT2D eigenvalue weighted by Crippen LogP contribution is -2.05. The third kappa shape index (κ3) is 4.35. The van der Waals surface area contributed by atoms with Crippen molar-refractivity contribution in [1.82, 2.24) is 5.32 Å². The van der Waals surface area contributed by atoms with E-state index in [1.54, 1.807) is 11.8 Å². The van der Waals surface area contributed by atoms with Crippen LogP contribution in [0.1, 0.15) is 27.8 Å². The van der Waals surface area contributed by atoms with Crippen molar-refractivity contribution in [3.63, 3.8) is 0 Å². The fraction of sp³-hybridized carbons (Fsp3) is 0.278. The van der Waals surface area contributed by atoms with Crippen LogP contribution >= 0.6 is 11.8 Å². The monoisotopic (exact) mass is 296 g/mol. The second-order valence-electron chi connectivity index (χ2n) is 5.26. The molecule has 0 saturated carbocycles. The molecule has 0 amide bonds. The molecule has 2 aromatic carbocycles. The summed E-state index contributed by atoms with van der Waals surface area (Å²) >= 11 is 1.73. The van der Waals surface area contributed by atoms with Crippen molar-refractivity contribution in [1.29, 1.82) is 5.26 Å². The second kappa shape index (κ2) is 7.31. The first kappa shape index (κ1) is 15.6. The molecule has 1 N–H and O–H groups in total. The number of thioether (sulfide) groups is 1. The fourth-order valence-corrected chi connectivity index (χ4v) is 3.33. The molecule has 21 heavy (non-hydrogen) atoms. The highest BCUT2D eigenvalue weighted by atomic mass is 32.2. The third-order valence-corrected chi connectivity index (χ3v) is 4.37. The van der Waals surface area contributed by atoms with Gasteiger partial charge in [-0.25, -0.2) is 0 Å². The number of aryl methyl sites for hydroxylation is 2. The van der Waals surface area contributed by atoms with E-state index in [2.05, 4.69) is 55.6 Å². The zero-order valence-corrected chi connectivity index (χ0v) is 13.6. The summed E-state index contributed by atoms with van der Waals surface area (Å²) in [6.45, 7) is 5.03. The van der Waals surface area contributed by atoms with Gasteiger partial charge in [-0.1, -0.05) is 35.4 Å². The number of hydrogen-bond acceptors (Lipinski definition) is 3. The summed E-state index contributed by atoms with van der Waals surface area (Å²) < 4.78 is 0. The van der Waals surface area contributed by atoms with Gasteiger partial charge < -0.3 is 5.32 Å². The molecule has 0 radical (unpaired) electrons. The standard InChI is InChI=1S/C18H20N2S/c1-13-6-14(2)8-16(7-13)12-21-18-5-4-15(11-20-3)9-17(18)10-19/h4-9,20H,11-12H2,1-3H3. The molecule has 0 bridgehead atoms. The molecule has 2 nitrogen and oxygen atoms in total. The SMILES string of the molecule is CNCc1ccc(SCc2cc(C)cc(C)c2)c(C#N)c1. The number of nitriles is 1. The molecule has 0 fully saturated rings. The first-order chi connectivity index (χ1) is 10.1. The predicted octanol–water partition coefficient (Wildman–Crippen LogP) is 4.19. The van der Waals surface area contributed by atoms with Gasteiger partial charge in [0.05, 0.1) is 5.56 Å². The van der Waals surface area contributed by atoms with Crippen molar-refractivity contribution in [2.75, 3.05) is 7.05 Å². The Morgan fingerprint density at radius 1 is 1.05 bits per heavy atom. The average Bonchev–Trinajstić information content (AvgIpc) is 2.45. The maximum atomic E-state index is 9.31. The van der Waals surface area contributed by atoms with Crippen LogP contribution in [-0.2, 0) is 12.3 Å². The first-order valence-electron chi connectivity index (χ1n) is 7.00. The molecule has 0 atom stereocenters. The van der Waals surface area contributed by atoms with E-state index in [0.717, 1.165) is 28.3 Å². The van der Waals surface area contributed by atoms with Gasteiger partial charge in [-0.3, -0.25) is 0 Å². The van der Waals surface area contributed by atoms with Gasteiger partial charge in [0.15, 0.2) is 0 Å². The smallest absolute Gasteiger partial charge is 0.100 e. The Bertz CT molecular complexity index is 651. The van der Waals surface area contributed by atoms with Crippen LogP contribution < -0.4 is 5.32 Å². The quantitative estimate of drug-likeness (QED) is 0.841. The van der Waals surface area contributed by atoms with E-state index in [-0.39, 0.29) is 0 Å². The molecule has 0 heterocycles. The summed E-state index contributed by atoms with van der Waals surface area (Å²) in [5.74, 6) is 0.891. The maximum Gasteiger partial charge on any atom is 0.100 e. The Kier molecular flexibility index (Phi) is 5.44. The van der Waals surface area contributed by atoms with Crippen molar-refractivity contribution in [3.05, 3.63) is 64.2 Å². The average molecular weight is 296 g/mol. The van der Waals surface area contributed by atoms with Crippen molar-refractivity contribution in [2.24, 2.45) is 0 Å². The predicted molar refractivity (Wildman–Crippen MR) is 89.4 cm³/mol. The fourth-order valence-electron chi connectivity index (χ4n) is 2.42. The zero-order valence-electron chi connectivity index (χ0n) is 12.7. The molecule has 3 heteroatoms. The Balaban J connectivity index is 2.14. The van der Waals surface area contributed by atoms with Gasteiger partial charge in [-0.05, 0) is 44.2 Å². The summed E-state index contributed by atoms with van der Waals surface area (Å²) in [7, 11) is 1.91. The molecule has 108 valence electrons. The van der Waals surface area contributed by atoms with Gasteiger partial charge in [0.2, 0.25) is 0 Å². The minimum atomic E-state index is 0.761. The van der Waals surface area contributed by atoms with Crippen LogP contribution in [-0.4, -0.2) is 7.05 Å². The van der Waals surface area contributed by atoms with Gasteiger partial charge in [0.25, 0.3) is 0 Å². The van der Waals surface area contributed by atoms with E-state index >= 15 is 0 Å². The minimum Gasteiger partial charge on any atom is -0.316 e. The van der Waals surface area contributed by atoms with Crippen LogP contribution in [0.4, 0.5) is 0 Å². The molecule has 2 aromatic rings. The lowest BCUT2D eigenvalue weighted by molar-refractivity contribution is 0.816. The number of rotatable bonds is 5. The summed E-state index contributed by atoms with van der Waals surface area (Å²) in [4.78, 5) is 1.05. The molecule has 2 rings (SSSR count). The van der Waals surface area contributed by atoms with Crippen LogP contribution in [0.3, 0.4) is 0 Å². The third-order valence-electron chi connectivity index (χ3n) is 3.22. The topological polar surface area (TPSA) is 35.8 Å². The van der Waals surface area contributed by atoms with Crippen LogP contribution in [0, 0.1) is 25.2 Å². The maximum absolute atomic E-state index is 9.31. The summed E-state index contributed by atoms with van der Waals surface area (Å²) in [6.07, 6.45) is 0. The van der Waals surface area contributed by atoms with E-state index in [4.69, 9.17) is 0 Å². The lowest BCUT2D eigenvalue weighted by Gasteiger charge is -2.08.